The number of nitrogens with one attached hydrogen (secondary N) is 2. The monoisotopic (exact) mass is 280 g/mol. The lowest BCUT2D eigenvalue weighted by Gasteiger charge is -2.14. The van der Waals surface area contributed by atoms with E-state index in [0.29, 0.717) is 13.2 Å². The summed E-state index contributed by atoms with van der Waals surface area (Å²) < 4.78 is 10.6. The molecular formula is C15H24N2O3. The Balaban J connectivity index is 2.43. The highest BCUT2D eigenvalue weighted by Gasteiger charge is 2.06. The van der Waals surface area contributed by atoms with Crippen LogP contribution in [-0.4, -0.2) is 31.9 Å². The van der Waals surface area contributed by atoms with Gasteiger partial charge in [0, 0.05) is 13.7 Å². The second kappa shape index (κ2) is 8.43. The van der Waals surface area contributed by atoms with Gasteiger partial charge in [-0.25, -0.2) is 4.79 Å². The topological polar surface area (TPSA) is 59.6 Å². The Morgan fingerprint density at radius 2 is 2.05 bits per heavy atom. The van der Waals surface area contributed by atoms with E-state index in [4.69, 9.17) is 9.47 Å². The lowest BCUT2D eigenvalue weighted by Crippen LogP contribution is -2.42. The summed E-state index contributed by atoms with van der Waals surface area (Å²) in [6, 6.07) is 7.48. The third-order valence-electron chi connectivity index (χ3n) is 2.52. The zero-order valence-corrected chi connectivity index (χ0v) is 12.6. The first-order valence-electron chi connectivity index (χ1n) is 6.80. The fourth-order valence-corrected chi connectivity index (χ4v) is 1.75. The molecule has 0 radical (unpaired) electrons. The van der Waals surface area contributed by atoms with Crippen molar-refractivity contribution in [2.45, 2.75) is 39.5 Å². The average molecular weight is 280 g/mol. The zero-order chi connectivity index (χ0) is 15.0. The Morgan fingerprint density at radius 1 is 1.30 bits per heavy atom. The van der Waals surface area contributed by atoms with Crippen molar-refractivity contribution < 1.29 is 14.3 Å². The zero-order valence-electron chi connectivity index (χ0n) is 12.6. The van der Waals surface area contributed by atoms with Gasteiger partial charge in [0.1, 0.15) is 5.75 Å². The molecule has 20 heavy (non-hydrogen) atoms. The minimum absolute atomic E-state index is 0.0180. The molecular weight excluding hydrogens is 256 g/mol. The predicted octanol–water partition coefficient (Wildman–Crippen LogP) is 2.31. The first kappa shape index (κ1) is 16.3. The molecule has 1 aromatic rings. The number of methoxy groups -OCH3 is 1. The van der Waals surface area contributed by atoms with E-state index in [0.717, 1.165) is 11.3 Å². The highest BCUT2D eigenvalue weighted by atomic mass is 16.5. The number of hydrogen-bond acceptors (Lipinski definition) is 3. The Morgan fingerprint density at radius 3 is 2.70 bits per heavy atom. The smallest absolute Gasteiger partial charge is 0.315 e. The van der Waals surface area contributed by atoms with Crippen LogP contribution in [0.3, 0.4) is 0 Å². The fraction of sp³-hybridized carbons (Fsp3) is 0.533. The lowest BCUT2D eigenvalue weighted by atomic mass is 10.2. The molecule has 1 aromatic carbocycles. The summed E-state index contributed by atoms with van der Waals surface area (Å²) in [5, 5.41) is 5.60. The van der Waals surface area contributed by atoms with Crippen molar-refractivity contribution in [2.24, 2.45) is 0 Å². The molecule has 0 bridgehead atoms. The van der Waals surface area contributed by atoms with Crippen LogP contribution < -0.4 is 15.4 Å². The number of carbonyl (C=O) groups excluding carboxylic acids is 1. The van der Waals surface area contributed by atoms with Gasteiger partial charge >= 0.3 is 6.03 Å². The van der Waals surface area contributed by atoms with E-state index in [2.05, 4.69) is 10.6 Å². The summed E-state index contributed by atoms with van der Waals surface area (Å²) in [6.45, 7) is 6.80. The fourth-order valence-electron chi connectivity index (χ4n) is 1.75. The number of carbonyl (C=O) groups is 1. The number of benzene rings is 1. The SMILES string of the molecule is COCC(C)NC(=O)NCc1cccc(OC(C)C)c1. The maximum absolute atomic E-state index is 11.7. The molecule has 0 aromatic heterocycles. The van der Waals surface area contributed by atoms with Crippen LogP contribution >= 0.6 is 0 Å². The summed E-state index contributed by atoms with van der Waals surface area (Å²) in [7, 11) is 1.61. The molecule has 0 fully saturated rings. The standard InChI is InChI=1S/C15H24N2O3/c1-11(2)20-14-7-5-6-13(8-14)9-16-15(18)17-12(3)10-19-4/h5-8,11-12H,9-10H2,1-4H3,(H2,16,17,18). The van der Waals surface area contributed by atoms with Gasteiger partial charge < -0.3 is 20.1 Å². The molecule has 1 unspecified atom stereocenters. The van der Waals surface area contributed by atoms with Gasteiger partial charge in [0.05, 0.1) is 18.8 Å². The Bertz CT molecular complexity index is 421. The normalized spacial score (nSPS) is 12.1. The highest BCUT2D eigenvalue weighted by Crippen LogP contribution is 2.14. The Labute approximate surface area is 120 Å². The van der Waals surface area contributed by atoms with Crippen LogP contribution in [0.2, 0.25) is 0 Å². The third kappa shape index (κ3) is 6.43. The van der Waals surface area contributed by atoms with Crippen LogP contribution in [0, 0.1) is 0 Å². The summed E-state index contributed by atoms with van der Waals surface area (Å²) in [5.74, 6) is 0.812. The summed E-state index contributed by atoms with van der Waals surface area (Å²) in [4.78, 5) is 11.7. The van der Waals surface area contributed by atoms with Gasteiger partial charge in [-0.05, 0) is 38.5 Å². The molecule has 1 rings (SSSR count). The molecule has 0 aliphatic carbocycles. The van der Waals surface area contributed by atoms with Crippen molar-refractivity contribution >= 4 is 6.03 Å². The van der Waals surface area contributed by atoms with Crippen molar-refractivity contribution in [1.82, 2.24) is 10.6 Å². The van der Waals surface area contributed by atoms with Crippen LogP contribution in [0.5, 0.6) is 5.75 Å². The van der Waals surface area contributed by atoms with Gasteiger partial charge in [0.25, 0.3) is 0 Å². The van der Waals surface area contributed by atoms with Crippen LogP contribution in [0.1, 0.15) is 26.3 Å². The van der Waals surface area contributed by atoms with Crippen molar-refractivity contribution in [3.63, 3.8) is 0 Å². The maximum Gasteiger partial charge on any atom is 0.315 e. The van der Waals surface area contributed by atoms with Crippen molar-refractivity contribution in [1.29, 1.82) is 0 Å². The first-order valence-corrected chi connectivity index (χ1v) is 6.80. The molecule has 2 amide bonds. The van der Waals surface area contributed by atoms with Crippen LogP contribution in [0.25, 0.3) is 0 Å². The largest absolute Gasteiger partial charge is 0.491 e. The summed E-state index contributed by atoms with van der Waals surface area (Å²) in [5.41, 5.74) is 0.998. The van der Waals surface area contributed by atoms with Gasteiger partial charge in [-0.1, -0.05) is 12.1 Å². The van der Waals surface area contributed by atoms with Crippen molar-refractivity contribution in [3.05, 3.63) is 29.8 Å². The van der Waals surface area contributed by atoms with Gasteiger partial charge in [-0.2, -0.15) is 0 Å². The molecule has 0 aliphatic heterocycles. The molecule has 0 spiro atoms. The van der Waals surface area contributed by atoms with E-state index in [1.807, 2.05) is 45.0 Å². The van der Waals surface area contributed by atoms with E-state index in [1.54, 1.807) is 7.11 Å². The third-order valence-corrected chi connectivity index (χ3v) is 2.52. The molecule has 5 heteroatoms. The second-order valence-electron chi connectivity index (χ2n) is 5.00. The predicted molar refractivity (Wildman–Crippen MR) is 78.9 cm³/mol. The molecule has 2 N–H and O–H groups in total. The van der Waals surface area contributed by atoms with Crippen molar-refractivity contribution in [2.75, 3.05) is 13.7 Å². The second-order valence-corrected chi connectivity index (χ2v) is 5.00. The van der Waals surface area contributed by atoms with E-state index in [9.17, 15) is 4.79 Å². The van der Waals surface area contributed by atoms with Crippen LogP contribution in [0.4, 0.5) is 4.79 Å². The molecule has 1 atom stereocenters. The van der Waals surface area contributed by atoms with Gasteiger partial charge in [-0.3, -0.25) is 0 Å². The highest BCUT2D eigenvalue weighted by molar-refractivity contribution is 5.74. The van der Waals surface area contributed by atoms with Crippen LogP contribution in [-0.2, 0) is 11.3 Å². The molecule has 0 aliphatic rings. The quantitative estimate of drug-likeness (QED) is 0.805. The molecule has 112 valence electrons. The van der Waals surface area contributed by atoms with Crippen molar-refractivity contribution in [3.8, 4) is 5.75 Å². The maximum atomic E-state index is 11.7. The molecule has 0 saturated heterocycles. The number of urea groups is 1. The van der Waals surface area contributed by atoms with Gasteiger partial charge in [-0.15, -0.1) is 0 Å². The Hall–Kier alpha value is -1.75. The van der Waals surface area contributed by atoms with Gasteiger partial charge in [0.15, 0.2) is 0 Å². The average Bonchev–Trinajstić information content (AvgIpc) is 2.36. The minimum atomic E-state index is -0.204. The van der Waals surface area contributed by atoms with E-state index >= 15 is 0 Å². The molecule has 0 heterocycles. The van der Waals surface area contributed by atoms with Gasteiger partial charge in [0.2, 0.25) is 0 Å². The number of rotatable bonds is 7. The number of hydrogen-bond donors (Lipinski definition) is 2. The van der Waals surface area contributed by atoms with E-state index in [-0.39, 0.29) is 18.2 Å². The van der Waals surface area contributed by atoms with Crippen LogP contribution in [0.15, 0.2) is 24.3 Å². The molecule has 5 nitrogen and oxygen atoms in total. The summed E-state index contributed by atoms with van der Waals surface area (Å²) >= 11 is 0. The number of ether oxygens (including phenoxy) is 2. The first-order chi connectivity index (χ1) is 9.51. The molecule has 0 saturated carbocycles. The van der Waals surface area contributed by atoms with E-state index < -0.39 is 0 Å². The minimum Gasteiger partial charge on any atom is -0.491 e. The summed E-state index contributed by atoms with van der Waals surface area (Å²) in [6.07, 6.45) is 0.136. The lowest BCUT2D eigenvalue weighted by molar-refractivity contribution is 0.171. The number of amides is 2. The van der Waals surface area contributed by atoms with E-state index in [1.165, 1.54) is 0 Å². The Kier molecular flexibility index (Phi) is 6.87.